The fraction of sp³-hybridized carbons (Fsp3) is 0.429. The molecule has 1 heterocycles. The van der Waals surface area contributed by atoms with Gasteiger partial charge in [-0.2, -0.15) is 0 Å². The molecule has 1 atom stereocenters. The lowest BCUT2D eigenvalue weighted by molar-refractivity contribution is 0.104. The van der Waals surface area contributed by atoms with E-state index in [-0.39, 0.29) is 12.7 Å². The largest absolute Gasteiger partial charge is 0.487 e. The molecule has 126 valence electrons. The molecule has 1 saturated heterocycles. The van der Waals surface area contributed by atoms with Gasteiger partial charge in [-0.1, -0.05) is 0 Å². The summed E-state index contributed by atoms with van der Waals surface area (Å²) in [6.45, 7) is 1.17. The summed E-state index contributed by atoms with van der Waals surface area (Å²) >= 11 is 6.93. The van der Waals surface area contributed by atoms with Gasteiger partial charge in [0, 0.05) is 6.54 Å². The van der Waals surface area contributed by atoms with Gasteiger partial charge >= 0.3 is 12.2 Å². The van der Waals surface area contributed by atoms with E-state index in [2.05, 4.69) is 47.2 Å². The molecule has 0 aliphatic carbocycles. The van der Waals surface area contributed by atoms with Gasteiger partial charge in [-0.15, -0.1) is 0 Å². The Morgan fingerprint density at radius 2 is 2.13 bits per heavy atom. The van der Waals surface area contributed by atoms with Crippen LogP contribution >= 0.6 is 31.9 Å². The van der Waals surface area contributed by atoms with Crippen LogP contribution in [0.15, 0.2) is 21.1 Å². The highest BCUT2D eigenvalue weighted by Gasteiger charge is 2.23. The van der Waals surface area contributed by atoms with Crippen molar-refractivity contribution in [3.05, 3.63) is 26.6 Å². The van der Waals surface area contributed by atoms with Crippen LogP contribution in [-0.4, -0.2) is 45.1 Å². The molecular weight excluding hydrogens is 436 g/mol. The molecule has 1 aliphatic heterocycles. The molecule has 0 bridgehead atoms. The lowest BCUT2D eigenvalue weighted by Gasteiger charge is -2.14. The molecular formula is C14H16Br2N2O5. The van der Waals surface area contributed by atoms with E-state index in [0.717, 1.165) is 14.5 Å². The first-order valence-corrected chi connectivity index (χ1v) is 8.45. The molecule has 2 N–H and O–H groups in total. The SMILES string of the molecule is COC(=O)NCCc1cc(Br)c(OC[C@H]2CNC(=O)O2)c(Br)c1. The fourth-order valence-corrected chi connectivity index (χ4v) is 3.49. The summed E-state index contributed by atoms with van der Waals surface area (Å²) in [5, 5.41) is 5.19. The Morgan fingerprint density at radius 1 is 1.43 bits per heavy atom. The van der Waals surface area contributed by atoms with Gasteiger partial charge in [0.05, 0.1) is 22.6 Å². The maximum absolute atomic E-state index is 11.0. The van der Waals surface area contributed by atoms with Crippen molar-refractivity contribution >= 4 is 44.0 Å². The van der Waals surface area contributed by atoms with Crippen LogP contribution in [0.2, 0.25) is 0 Å². The van der Waals surface area contributed by atoms with Crippen molar-refractivity contribution < 1.29 is 23.8 Å². The number of cyclic esters (lactones) is 1. The summed E-state index contributed by atoms with van der Waals surface area (Å²) in [4.78, 5) is 22.0. The first-order valence-electron chi connectivity index (χ1n) is 6.86. The van der Waals surface area contributed by atoms with E-state index in [1.165, 1.54) is 7.11 Å². The number of hydrogen-bond acceptors (Lipinski definition) is 5. The molecule has 0 unspecified atom stereocenters. The minimum atomic E-state index is -0.456. The van der Waals surface area contributed by atoms with E-state index < -0.39 is 12.2 Å². The highest BCUT2D eigenvalue weighted by atomic mass is 79.9. The zero-order chi connectivity index (χ0) is 16.8. The van der Waals surface area contributed by atoms with Gasteiger partial charge in [0.1, 0.15) is 12.4 Å². The quantitative estimate of drug-likeness (QED) is 0.694. The normalized spacial score (nSPS) is 16.5. The standard InChI is InChI=1S/C14H16Br2N2O5/c1-21-13(19)17-3-2-8-4-10(15)12(11(16)5-8)22-7-9-6-18-14(20)23-9/h4-5,9H,2-3,6-7H2,1H3,(H,17,19)(H,18,20)/t9-/m1/s1. The molecule has 1 aromatic rings. The molecule has 9 heteroatoms. The molecule has 2 amide bonds. The van der Waals surface area contributed by atoms with Crippen LogP contribution in [-0.2, 0) is 15.9 Å². The van der Waals surface area contributed by atoms with E-state index >= 15 is 0 Å². The van der Waals surface area contributed by atoms with Gasteiger partial charge in [0.25, 0.3) is 0 Å². The molecule has 1 aromatic carbocycles. The maximum atomic E-state index is 11.0. The smallest absolute Gasteiger partial charge is 0.407 e. The molecule has 23 heavy (non-hydrogen) atoms. The number of benzene rings is 1. The van der Waals surface area contributed by atoms with Crippen molar-refractivity contribution in [2.24, 2.45) is 0 Å². The highest BCUT2D eigenvalue weighted by Crippen LogP contribution is 2.35. The fourth-order valence-electron chi connectivity index (χ4n) is 1.98. The monoisotopic (exact) mass is 450 g/mol. The summed E-state index contributed by atoms with van der Waals surface area (Å²) in [5.74, 6) is 0.637. The van der Waals surface area contributed by atoms with Crippen molar-refractivity contribution in [2.75, 3.05) is 26.8 Å². The predicted molar refractivity (Wildman–Crippen MR) is 89.7 cm³/mol. The Morgan fingerprint density at radius 3 is 2.70 bits per heavy atom. The second kappa shape index (κ2) is 8.39. The third kappa shape index (κ3) is 5.28. The van der Waals surface area contributed by atoms with Gasteiger partial charge in [0.2, 0.25) is 0 Å². The Labute approximate surface area is 150 Å². The molecule has 2 rings (SSSR count). The Hall–Kier alpha value is -1.48. The number of nitrogens with one attached hydrogen (secondary N) is 2. The van der Waals surface area contributed by atoms with Crippen LogP contribution in [0.4, 0.5) is 9.59 Å². The third-order valence-corrected chi connectivity index (χ3v) is 4.27. The molecule has 1 fully saturated rings. The maximum Gasteiger partial charge on any atom is 0.407 e. The lowest BCUT2D eigenvalue weighted by Crippen LogP contribution is -2.25. The zero-order valence-electron chi connectivity index (χ0n) is 12.4. The Bertz CT molecular complexity index is 574. The van der Waals surface area contributed by atoms with Crippen molar-refractivity contribution in [1.29, 1.82) is 0 Å². The molecule has 7 nitrogen and oxygen atoms in total. The molecule has 1 aliphatic rings. The van der Waals surface area contributed by atoms with Crippen molar-refractivity contribution in [1.82, 2.24) is 10.6 Å². The van der Waals surface area contributed by atoms with Crippen molar-refractivity contribution in [3.63, 3.8) is 0 Å². The van der Waals surface area contributed by atoms with E-state index in [1.807, 2.05) is 12.1 Å². The van der Waals surface area contributed by atoms with Crippen LogP contribution in [0.3, 0.4) is 0 Å². The predicted octanol–water partition coefficient (Wildman–Crippen LogP) is 2.60. The van der Waals surface area contributed by atoms with Gasteiger partial charge < -0.3 is 24.8 Å². The van der Waals surface area contributed by atoms with Crippen LogP contribution in [0, 0.1) is 0 Å². The van der Waals surface area contributed by atoms with E-state index in [9.17, 15) is 9.59 Å². The number of amides is 2. The van der Waals surface area contributed by atoms with E-state index in [4.69, 9.17) is 9.47 Å². The number of rotatable bonds is 6. The first kappa shape index (κ1) is 17.9. The third-order valence-electron chi connectivity index (χ3n) is 3.09. The van der Waals surface area contributed by atoms with Gasteiger partial charge in [0.15, 0.2) is 6.10 Å². The van der Waals surface area contributed by atoms with Crippen LogP contribution in [0.1, 0.15) is 5.56 Å². The Balaban J connectivity index is 1.91. The molecule has 0 saturated carbocycles. The number of halogens is 2. The average Bonchev–Trinajstić information content (AvgIpc) is 2.91. The molecule has 0 spiro atoms. The van der Waals surface area contributed by atoms with Gasteiger partial charge in [-0.3, -0.25) is 0 Å². The summed E-state index contributed by atoms with van der Waals surface area (Å²) in [6, 6.07) is 3.83. The number of alkyl carbamates (subject to hydrolysis) is 2. The molecule has 0 aromatic heterocycles. The lowest BCUT2D eigenvalue weighted by atomic mass is 10.1. The number of carbonyl (C=O) groups is 2. The minimum absolute atomic E-state index is 0.263. The second-order valence-electron chi connectivity index (χ2n) is 4.78. The van der Waals surface area contributed by atoms with Crippen molar-refractivity contribution in [3.8, 4) is 5.75 Å². The van der Waals surface area contributed by atoms with Crippen molar-refractivity contribution in [2.45, 2.75) is 12.5 Å². The minimum Gasteiger partial charge on any atom is -0.487 e. The van der Waals surface area contributed by atoms with E-state index in [1.54, 1.807) is 0 Å². The van der Waals surface area contributed by atoms with Crippen LogP contribution < -0.4 is 15.4 Å². The average molecular weight is 452 g/mol. The summed E-state index contributed by atoms with van der Waals surface area (Å²) in [7, 11) is 1.33. The second-order valence-corrected chi connectivity index (χ2v) is 6.48. The number of methoxy groups -OCH3 is 1. The number of ether oxygens (including phenoxy) is 3. The van der Waals surface area contributed by atoms with Gasteiger partial charge in [-0.05, 0) is 56.0 Å². The summed E-state index contributed by atoms with van der Waals surface area (Å²) < 4.78 is 16.8. The highest BCUT2D eigenvalue weighted by molar-refractivity contribution is 9.11. The van der Waals surface area contributed by atoms with E-state index in [0.29, 0.717) is 25.3 Å². The zero-order valence-corrected chi connectivity index (χ0v) is 15.5. The molecule has 0 radical (unpaired) electrons. The number of hydrogen-bond donors (Lipinski definition) is 2. The first-order chi connectivity index (χ1) is 11.0. The Kier molecular flexibility index (Phi) is 6.52. The van der Waals surface area contributed by atoms with Crippen LogP contribution in [0.5, 0.6) is 5.75 Å². The van der Waals surface area contributed by atoms with Gasteiger partial charge in [-0.25, -0.2) is 9.59 Å². The summed E-state index contributed by atoms with van der Waals surface area (Å²) in [6.07, 6.45) is -0.533. The summed E-state index contributed by atoms with van der Waals surface area (Å²) in [5.41, 5.74) is 1.02. The van der Waals surface area contributed by atoms with Crippen LogP contribution in [0.25, 0.3) is 0 Å². The topological polar surface area (TPSA) is 85.9 Å². The number of carbonyl (C=O) groups excluding carboxylic acids is 2.